The molecule has 9 nitrogen and oxygen atoms in total. The van der Waals surface area contributed by atoms with Gasteiger partial charge in [0.05, 0.1) is 34.5 Å². The van der Waals surface area contributed by atoms with Crippen molar-refractivity contribution < 1.29 is 14.6 Å². The van der Waals surface area contributed by atoms with Crippen LogP contribution in [0.25, 0.3) is 21.5 Å². The zero-order valence-electron chi connectivity index (χ0n) is 21.8. The first kappa shape index (κ1) is 27.1. The van der Waals surface area contributed by atoms with Crippen LogP contribution in [0.4, 0.5) is 10.5 Å². The molecule has 0 aliphatic carbocycles. The maximum Gasteiger partial charge on any atom is 0.410 e. The smallest absolute Gasteiger partial charge is 0.410 e. The minimum atomic E-state index is -0.594. The van der Waals surface area contributed by atoms with Crippen LogP contribution in [0.5, 0.6) is 0 Å². The highest BCUT2D eigenvalue weighted by Crippen LogP contribution is 2.34. The number of anilines is 1. The Hall–Kier alpha value is -3.47. The second kappa shape index (κ2) is 11.3. The SMILES string of the molecule is Cc1nc2cc(-c3ncc(C(C)O)s3)c(N)cc2c(=O)n1Cc1ccc(Cl)cc1.O=C1OCC2CCCCN12. The minimum Gasteiger partial charge on any atom is -0.447 e. The van der Waals surface area contributed by atoms with Gasteiger partial charge in [-0.3, -0.25) is 9.36 Å². The van der Waals surface area contributed by atoms with Crippen LogP contribution in [0, 0.1) is 6.92 Å². The first-order chi connectivity index (χ1) is 18.7. The maximum absolute atomic E-state index is 13.1. The highest BCUT2D eigenvalue weighted by atomic mass is 35.5. The van der Waals surface area contributed by atoms with Crippen LogP contribution in [-0.4, -0.2) is 49.8 Å². The molecule has 1 amide bonds. The Morgan fingerprint density at radius 3 is 2.69 bits per heavy atom. The van der Waals surface area contributed by atoms with Crippen molar-refractivity contribution in [1.29, 1.82) is 0 Å². The van der Waals surface area contributed by atoms with Gasteiger partial charge in [0.2, 0.25) is 0 Å². The van der Waals surface area contributed by atoms with E-state index in [2.05, 4.69) is 9.97 Å². The third kappa shape index (κ3) is 5.78. The Morgan fingerprint density at radius 1 is 1.23 bits per heavy atom. The van der Waals surface area contributed by atoms with Crippen molar-refractivity contribution >= 4 is 45.6 Å². The van der Waals surface area contributed by atoms with Crippen molar-refractivity contribution in [1.82, 2.24) is 19.4 Å². The zero-order valence-corrected chi connectivity index (χ0v) is 23.3. The second-order valence-corrected chi connectivity index (χ2v) is 11.3. The summed E-state index contributed by atoms with van der Waals surface area (Å²) < 4.78 is 6.51. The number of fused-ring (bicyclic) bond motifs is 2. The van der Waals surface area contributed by atoms with Gasteiger partial charge in [-0.2, -0.15) is 0 Å². The van der Waals surface area contributed by atoms with Crippen molar-refractivity contribution in [3.63, 3.8) is 0 Å². The molecule has 0 bridgehead atoms. The molecule has 2 fully saturated rings. The van der Waals surface area contributed by atoms with Gasteiger partial charge in [-0.1, -0.05) is 23.7 Å². The number of nitrogen functional groups attached to an aromatic ring is 1. The lowest BCUT2D eigenvalue weighted by Crippen LogP contribution is -2.37. The molecule has 11 heteroatoms. The number of aliphatic hydroxyl groups excluding tert-OH is 1. The number of halogens is 1. The number of rotatable bonds is 4. The summed E-state index contributed by atoms with van der Waals surface area (Å²) in [5, 5.41) is 11.5. The van der Waals surface area contributed by atoms with E-state index in [0.717, 1.165) is 29.8 Å². The fraction of sp³-hybridized carbons (Fsp3) is 0.357. The third-order valence-corrected chi connectivity index (χ3v) is 8.45. The predicted molar refractivity (Wildman–Crippen MR) is 153 cm³/mol. The molecule has 6 rings (SSSR count). The number of carbonyl (C=O) groups is 1. The molecule has 3 N–H and O–H groups in total. The Morgan fingerprint density at radius 2 is 2.00 bits per heavy atom. The molecule has 2 aliphatic heterocycles. The molecule has 2 aromatic carbocycles. The summed E-state index contributed by atoms with van der Waals surface area (Å²) in [6.07, 6.45) is 4.46. The summed E-state index contributed by atoms with van der Waals surface area (Å²) in [7, 11) is 0. The number of thiazole rings is 1. The predicted octanol–water partition coefficient (Wildman–Crippen LogP) is 5.16. The first-order valence-electron chi connectivity index (χ1n) is 12.8. The zero-order chi connectivity index (χ0) is 27.7. The van der Waals surface area contributed by atoms with Crippen molar-refractivity contribution in [2.45, 2.75) is 51.8 Å². The van der Waals surface area contributed by atoms with Crippen molar-refractivity contribution in [2.75, 3.05) is 18.9 Å². The standard InChI is InChI=1S/C21H19ClN4O2S.C7H11NO2/c1-11(27)19-9-24-20(29-19)15-8-18-16(7-17(15)23)21(28)26(12(2)25-18)10-13-3-5-14(22)6-4-13;9-7-8-4-2-1-3-6(8)5-10-7/h3-9,11,27H,10,23H2,1-2H3;6H,1-5H2. The van der Waals surface area contributed by atoms with Gasteiger partial charge in [-0.15, -0.1) is 11.3 Å². The van der Waals surface area contributed by atoms with Gasteiger partial charge in [0.25, 0.3) is 5.56 Å². The number of hydrogen-bond donors (Lipinski definition) is 2. The van der Waals surface area contributed by atoms with Gasteiger partial charge in [-0.25, -0.2) is 14.8 Å². The molecule has 204 valence electrons. The fourth-order valence-corrected chi connectivity index (χ4v) is 5.83. The Labute approximate surface area is 234 Å². The quantitative estimate of drug-likeness (QED) is 0.327. The summed E-state index contributed by atoms with van der Waals surface area (Å²) in [5.41, 5.74) is 8.77. The van der Waals surface area contributed by atoms with E-state index in [4.69, 9.17) is 22.1 Å². The Balaban J connectivity index is 0.000000257. The molecule has 2 aromatic heterocycles. The summed E-state index contributed by atoms with van der Waals surface area (Å²) >= 11 is 7.31. The maximum atomic E-state index is 13.1. The van der Waals surface area contributed by atoms with E-state index >= 15 is 0 Å². The van der Waals surface area contributed by atoms with Crippen LogP contribution in [0.1, 0.15) is 48.6 Å². The number of benzene rings is 2. The normalized spacial score (nSPS) is 17.4. The number of carbonyl (C=O) groups excluding carboxylic acids is 1. The number of cyclic esters (lactones) is 1. The molecule has 2 aliphatic rings. The third-order valence-electron chi connectivity index (χ3n) is 7.00. The number of ether oxygens (including phenoxy) is 1. The molecular formula is C28H30ClN5O4S. The average Bonchev–Trinajstić information content (AvgIpc) is 3.56. The number of piperidine rings is 1. The van der Waals surface area contributed by atoms with Crippen LogP contribution in [0.2, 0.25) is 5.02 Å². The van der Waals surface area contributed by atoms with Gasteiger partial charge in [0.1, 0.15) is 17.4 Å². The molecule has 2 atom stereocenters. The van der Waals surface area contributed by atoms with E-state index in [9.17, 15) is 14.7 Å². The topological polar surface area (TPSA) is 124 Å². The first-order valence-corrected chi connectivity index (χ1v) is 14.0. The lowest BCUT2D eigenvalue weighted by Gasteiger charge is -2.25. The van der Waals surface area contributed by atoms with Crippen LogP contribution < -0.4 is 11.3 Å². The summed E-state index contributed by atoms with van der Waals surface area (Å²) in [6, 6.07) is 11.2. The van der Waals surface area contributed by atoms with Crippen LogP contribution in [0.3, 0.4) is 0 Å². The van der Waals surface area contributed by atoms with Gasteiger partial charge >= 0.3 is 6.09 Å². The number of nitrogens with two attached hydrogens (primary N) is 1. The van der Waals surface area contributed by atoms with E-state index in [0.29, 0.717) is 57.2 Å². The largest absolute Gasteiger partial charge is 0.447 e. The van der Waals surface area contributed by atoms with E-state index in [-0.39, 0.29) is 11.7 Å². The van der Waals surface area contributed by atoms with Crippen molar-refractivity contribution in [2.24, 2.45) is 0 Å². The molecule has 4 heterocycles. The monoisotopic (exact) mass is 567 g/mol. The van der Waals surface area contributed by atoms with Crippen LogP contribution >= 0.6 is 22.9 Å². The highest BCUT2D eigenvalue weighted by Gasteiger charge is 2.34. The minimum absolute atomic E-state index is 0.107. The molecule has 2 saturated heterocycles. The summed E-state index contributed by atoms with van der Waals surface area (Å²) in [5.74, 6) is 0.608. The van der Waals surface area contributed by atoms with E-state index < -0.39 is 6.10 Å². The van der Waals surface area contributed by atoms with Gasteiger partial charge in [0, 0.05) is 29.0 Å². The van der Waals surface area contributed by atoms with E-state index in [1.807, 2.05) is 24.0 Å². The average molecular weight is 568 g/mol. The summed E-state index contributed by atoms with van der Waals surface area (Å²) in [6.45, 7) is 5.43. The van der Waals surface area contributed by atoms with Gasteiger partial charge < -0.3 is 20.5 Å². The fourth-order valence-electron chi connectivity index (χ4n) is 4.81. The lowest BCUT2D eigenvalue weighted by molar-refractivity contribution is 0.154. The molecule has 2 unspecified atom stereocenters. The molecular weight excluding hydrogens is 538 g/mol. The van der Waals surface area contributed by atoms with E-state index in [1.165, 1.54) is 17.8 Å². The highest BCUT2D eigenvalue weighted by molar-refractivity contribution is 7.15. The number of aromatic nitrogens is 3. The molecule has 0 spiro atoms. The number of aliphatic hydroxyl groups is 1. The molecule has 0 radical (unpaired) electrons. The molecule has 4 aromatic rings. The number of hydrogen-bond acceptors (Lipinski definition) is 8. The Kier molecular flexibility index (Phi) is 7.88. The van der Waals surface area contributed by atoms with E-state index in [1.54, 1.807) is 42.0 Å². The summed E-state index contributed by atoms with van der Waals surface area (Å²) in [4.78, 5) is 35.6. The van der Waals surface area contributed by atoms with Crippen LogP contribution in [-0.2, 0) is 11.3 Å². The van der Waals surface area contributed by atoms with Gasteiger partial charge in [0.15, 0.2) is 0 Å². The second-order valence-electron chi connectivity index (χ2n) is 9.80. The number of aryl methyl sites for hydroxylation is 1. The van der Waals surface area contributed by atoms with Gasteiger partial charge in [-0.05, 0) is 62.9 Å². The molecule has 0 saturated carbocycles. The van der Waals surface area contributed by atoms with Crippen molar-refractivity contribution in [3.8, 4) is 10.6 Å². The molecule has 39 heavy (non-hydrogen) atoms. The van der Waals surface area contributed by atoms with Crippen molar-refractivity contribution in [3.05, 3.63) is 74.2 Å². The Bertz CT molecular complexity index is 1570. The number of amides is 1. The lowest BCUT2D eigenvalue weighted by atomic mass is 10.0. The number of nitrogens with zero attached hydrogens (tertiary/aromatic N) is 4. The van der Waals surface area contributed by atoms with Crippen LogP contribution in [0.15, 0.2) is 47.4 Å².